The second-order valence-corrected chi connectivity index (χ2v) is 5.72. The average molecular weight is 284 g/mol. The van der Waals surface area contributed by atoms with E-state index in [4.69, 9.17) is 0 Å². The highest BCUT2D eigenvalue weighted by molar-refractivity contribution is 5.99. The first kappa shape index (κ1) is 15.1. The minimum Gasteiger partial charge on any atom is -0.294 e. The zero-order valence-corrected chi connectivity index (χ0v) is 11.8. The Morgan fingerprint density at radius 2 is 1.80 bits per heavy atom. The van der Waals surface area contributed by atoms with Gasteiger partial charge in [0.2, 0.25) is 0 Å². The quantitative estimate of drug-likeness (QED) is 0.709. The molecule has 0 saturated heterocycles. The Morgan fingerprint density at radius 3 is 2.40 bits per heavy atom. The van der Waals surface area contributed by atoms with E-state index >= 15 is 0 Å². The molecule has 0 radical (unpaired) electrons. The van der Waals surface area contributed by atoms with Gasteiger partial charge in [-0.05, 0) is 32.3 Å². The Morgan fingerprint density at radius 1 is 1.15 bits per heavy atom. The van der Waals surface area contributed by atoms with Crippen LogP contribution in [0, 0.1) is 25.7 Å². The molecule has 1 aromatic rings. The van der Waals surface area contributed by atoms with Crippen LogP contribution in [-0.2, 0) is 0 Å². The van der Waals surface area contributed by atoms with Crippen LogP contribution in [0.25, 0.3) is 0 Å². The molecule has 0 N–H and O–H groups in total. The van der Waals surface area contributed by atoms with Gasteiger partial charge in [-0.2, -0.15) is 13.2 Å². The van der Waals surface area contributed by atoms with Gasteiger partial charge in [-0.15, -0.1) is 0 Å². The van der Waals surface area contributed by atoms with Crippen LogP contribution >= 0.6 is 0 Å². The lowest BCUT2D eigenvalue weighted by Gasteiger charge is -2.32. The predicted molar refractivity (Wildman–Crippen MR) is 71.7 cm³/mol. The number of ketones is 1. The SMILES string of the molecule is Cc1ccc(C(=O)C2CCCCC2C(F)(F)F)c(C)c1. The minimum absolute atomic E-state index is 0.0742. The topological polar surface area (TPSA) is 17.1 Å². The molecule has 110 valence electrons. The smallest absolute Gasteiger partial charge is 0.294 e. The van der Waals surface area contributed by atoms with Crippen LogP contribution in [0.1, 0.15) is 47.2 Å². The molecule has 1 saturated carbocycles. The molecule has 4 heteroatoms. The monoisotopic (exact) mass is 284 g/mol. The Kier molecular flexibility index (Phi) is 4.21. The fourth-order valence-electron chi connectivity index (χ4n) is 3.13. The van der Waals surface area contributed by atoms with Crippen molar-refractivity contribution in [2.75, 3.05) is 0 Å². The summed E-state index contributed by atoms with van der Waals surface area (Å²) in [6, 6.07) is 5.29. The number of benzene rings is 1. The third-order valence-corrected chi connectivity index (χ3v) is 4.17. The van der Waals surface area contributed by atoms with Crippen LogP contribution < -0.4 is 0 Å². The molecule has 0 heterocycles. The molecule has 2 unspecified atom stereocenters. The largest absolute Gasteiger partial charge is 0.392 e. The van der Waals surface area contributed by atoms with Gasteiger partial charge >= 0.3 is 6.18 Å². The highest BCUT2D eigenvalue weighted by Gasteiger charge is 2.48. The summed E-state index contributed by atoms with van der Waals surface area (Å²) >= 11 is 0. The fraction of sp³-hybridized carbons (Fsp3) is 0.562. The Balaban J connectivity index is 2.30. The van der Waals surface area contributed by atoms with Crippen molar-refractivity contribution in [1.29, 1.82) is 0 Å². The standard InChI is InChI=1S/C16H19F3O/c1-10-7-8-12(11(2)9-10)15(20)13-5-3-4-6-14(13)16(17,18)19/h7-9,13-14H,3-6H2,1-2H3. The maximum Gasteiger partial charge on any atom is 0.392 e. The molecule has 1 aromatic carbocycles. The molecule has 20 heavy (non-hydrogen) atoms. The number of rotatable bonds is 2. The van der Waals surface area contributed by atoms with Gasteiger partial charge in [0.25, 0.3) is 0 Å². The zero-order chi connectivity index (χ0) is 14.9. The lowest BCUT2D eigenvalue weighted by atomic mass is 9.74. The molecule has 0 bridgehead atoms. The van der Waals surface area contributed by atoms with Crippen LogP contribution in [0.5, 0.6) is 0 Å². The van der Waals surface area contributed by atoms with Gasteiger partial charge in [-0.25, -0.2) is 0 Å². The summed E-state index contributed by atoms with van der Waals surface area (Å²) in [6.07, 6.45) is -2.60. The highest BCUT2D eigenvalue weighted by Crippen LogP contribution is 2.43. The van der Waals surface area contributed by atoms with E-state index in [0.29, 0.717) is 24.8 Å². The summed E-state index contributed by atoms with van der Waals surface area (Å²) in [5.41, 5.74) is 2.22. The van der Waals surface area contributed by atoms with Gasteiger partial charge < -0.3 is 0 Å². The molecule has 2 atom stereocenters. The number of carbonyl (C=O) groups is 1. The van der Waals surface area contributed by atoms with Crippen LogP contribution in [0.2, 0.25) is 0 Å². The minimum atomic E-state index is -4.28. The Labute approximate surface area is 117 Å². The van der Waals surface area contributed by atoms with Crippen LogP contribution in [0.4, 0.5) is 13.2 Å². The molecule has 2 rings (SSSR count). The van der Waals surface area contributed by atoms with Gasteiger partial charge in [-0.3, -0.25) is 4.79 Å². The molecular formula is C16H19F3O. The molecule has 1 aliphatic carbocycles. The average Bonchev–Trinajstić information content (AvgIpc) is 2.37. The van der Waals surface area contributed by atoms with Crippen molar-refractivity contribution < 1.29 is 18.0 Å². The number of hydrogen-bond acceptors (Lipinski definition) is 1. The van der Waals surface area contributed by atoms with E-state index in [-0.39, 0.29) is 12.2 Å². The van der Waals surface area contributed by atoms with Crippen LogP contribution in [0.15, 0.2) is 18.2 Å². The lowest BCUT2D eigenvalue weighted by molar-refractivity contribution is -0.190. The summed E-state index contributed by atoms with van der Waals surface area (Å²) in [6.45, 7) is 3.69. The van der Waals surface area contributed by atoms with Crippen molar-refractivity contribution in [3.63, 3.8) is 0 Å². The molecule has 0 aromatic heterocycles. The van der Waals surface area contributed by atoms with Crippen LogP contribution in [-0.4, -0.2) is 12.0 Å². The number of halogens is 3. The second-order valence-electron chi connectivity index (χ2n) is 5.72. The van der Waals surface area contributed by atoms with Crippen molar-refractivity contribution >= 4 is 5.78 Å². The summed E-state index contributed by atoms with van der Waals surface area (Å²) in [4.78, 5) is 12.5. The molecule has 0 aliphatic heterocycles. The maximum absolute atomic E-state index is 13.1. The summed E-state index contributed by atoms with van der Waals surface area (Å²) in [5, 5.41) is 0. The van der Waals surface area contributed by atoms with E-state index in [1.54, 1.807) is 19.1 Å². The summed E-state index contributed by atoms with van der Waals surface area (Å²) in [7, 11) is 0. The molecule has 0 spiro atoms. The van der Waals surface area contributed by atoms with Gasteiger partial charge in [-0.1, -0.05) is 36.6 Å². The number of carbonyl (C=O) groups excluding carboxylic acids is 1. The first-order valence-electron chi connectivity index (χ1n) is 6.99. The van der Waals surface area contributed by atoms with Gasteiger partial charge in [0.05, 0.1) is 5.92 Å². The molecular weight excluding hydrogens is 265 g/mol. The van der Waals surface area contributed by atoms with Gasteiger partial charge in [0, 0.05) is 11.5 Å². The summed E-state index contributed by atoms with van der Waals surface area (Å²) < 4.78 is 39.2. The normalized spacial score (nSPS) is 23.6. The third kappa shape index (κ3) is 3.05. The molecule has 0 amide bonds. The van der Waals surface area contributed by atoms with Gasteiger partial charge in [0.15, 0.2) is 5.78 Å². The summed E-state index contributed by atoms with van der Waals surface area (Å²) in [5.74, 6) is -2.74. The Hall–Kier alpha value is -1.32. The van der Waals surface area contributed by atoms with E-state index in [0.717, 1.165) is 11.1 Å². The Bertz CT molecular complexity index is 505. The highest BCUT2D eigenvalue weighted by atomic mass is 19.4. The first-order chi connectivity index (χ1) is 9.30. The van der Waals surface area contributed by atoms with E-state index in [2.05, 4.69) is 0 Å². The third-order valence-electron chi connectivity index (χ3n) is 4.17. The van der Waals surface area contributed by atoms with E-state index in [1.807, 2.05) is 13.0 Å². The lowest BCUT2D eigenvalue weighted by Crippen LogP contribution is -2.37. The zero-order valence-electron chi connectivity index (χ0n) is 11.8. The van der Waals surface area contributed by atoms with E-state index in [9.17, 15) is 18.0 Å². The first-order valence-corrected chi connectivity index (χ1v) is 6.99. The molecule has 1 aliphatic rings. The van der Waals surface area contributed by atoms with Crippen molar-refractivity contribution in [2.45, 2.75) is 45.7 Å². The van der Waals surface area contributed by atoms with Crippen molar-refractivity contribution in [3.8, 4) is 0 Å². The van der Waals surface area contributed by atoms with E-state index in [1.165, 1.54) is 0 Å². The number of aryl methyl sites for hydroxylation is 2. The second kappa shape index (κ2) is 5.58. The van der Waals surface area contributed by atoms with Crippen molar-refractivity contribution in [3.05, 3.63) is 34.9 Å². The maximum atomic E-state index is 13.1. The fourth-order valence-corrected chi connectivity index (χ4v) is 3.13. The molecule has 1 fully saturated rings. The van der Waals surface area contributed by atoms with Crippen molar-refractivity contribution in [1.82, 2.24) is 0 Å². The number of hydrogen-bond donors (Lipinski definition) is 0. The van der Waals surface area contributed by atoms with Crippen LogP contribution in [0.3, 0.4) is 0 Å². The predicted octanol–water partition coefficient (Wildman–Crippen LogP) is 4.85. The van der Waals surface area contributed by atoms with Gasteiger partial charge in [0.1, 0.15) is 0 Å². The molecule has 1 nitrogen and oxygen atoms in total. The number of Topliss-reactive ketones (excluding diaryl/α,β-unsaturated/α-hetero) is 1. The number of alkyl halides is 3. The van der Waals surface area contributed by atoms with Crippen molar-refractivity contribution in [2.24, 2.45) is 11.8 Å². The van der Waals surface area contributed by atoms with E-state index < -0.39 is 18.0 Å².